The summed E-state index contributed by atoms with van der Waals surface area (Å²) in [4.78, 5) is 35.9. The molecule has 25 heavy (non-hydrogen) atoms. The van der Waals surface area contributed by atoms with Crippen molar-refractivity contribution in [3.63, 3.8) is 0 Å². The molecule has 1 aromatic heterocycles. The van der Waals surface area contributed by atoms with Crippen LogP contribution in [0.15, 0.2) is 35.1 Å². The lowest BCUT2D eigenvalue weighted by molar-refractivity contribution is -0.304. The molecule has 0 radical (unpaired) electrons. The fourth-order valence-electron chi connectivity index (χ4n) is 2.36. The van der Waals surface area contributed by atoms with Crippen molar-refractivity contribution in [3.05, 3.63) is 46.4 Å². The van der Waals surface area contributed by atoms with Crippen molar-refractivity contribution in [2.75, 3.05) is 5.32 Å². The van der Waals surface area contributed by atoms with E-state index in [0.29, 0.717) is 11.4 Å². The van der Waals surface area contributed by atoms with Gasteiger partial charge in [-0.2, -0.15) is 0 Å². The van der Waals surface area contributed by atoms with Crippen LogP contribution in [0.4, 0.5) is 5.69 Å². The molecule has 1 N–H and O–H groups in total. The number of thioether (sulfide) groups is 1. The molecule has 134 valence electrons. The van der Waals surface area contributed by atoms with E-state index < -0.39 is 22.4 Å². The Hall–Kier alpha value is -2.48. The first kappa shape index (κ1) is 18.9. The Balaban J connectivity index is 2.28. The average molecular weight is 362 g/mol. The van der Waals surface area contributed by atoms with Gasteiger partial charge < -0.3 is 15.2 Å². The fourth-order valence-corrected chi connectivity index (χ4v) is 3.27. The fraction of sp³-hybridized carbons (Fsp3) is 0.353. The zero-order chi connectivity index (χ0) is 18.7. The van der Waals surface area contributed by atoms with E-state index in [-0.39, 0.29) is 11.2 Å². The Kier molecular flexibility index (Phi) is 5.73. The molecule has 2 rings (SSSR count). The number of nitrogens with zero attached hydrogens (tertiary/aromatic N) is 2. The molecule has 1 heterocycles. The highest BCUT2D eigenvalue weighted by Gasteiger charge is 2.22. The number of rotatable bonds is 6. The summed E-state index contributed by atoms with van der Waals surface area (Å²) < 4.78 is 3.13. The molecule has 0 aliphatic rings. The van der Waals surface area contributed by atoms with Crippen molar-refractivity contribution in [1.82, 2.24) is 9.36 Å². The van der Waals surface area contributed by atoms with Crippen LogP contribution >= 0.6 is 11.8 Å². The first-order chi connectivity index (χ1) is 11.7. The van der Waals surface area contributed by atoms with Crippen LogP contribution in [0.2, 0.25) is 0 Å². The number of aromatic nitrogens is 2. The minimum absolute atomic E-state index is 0.185. The molecule has 0 aliphatic carbocycles. The number of carbonyl (C=O) groups is 2. The molecular weight excluding hydrogens is 342 g/mol. The van der Waals surface area contributed by atoms with Crippen LogP contribution in [0.25, 0.3) is 5.69 Å². The lowest BCUT2D eigenvalue weighted by Gasteiger charge is -2.17. The van der Waals surface area contributed by atoms with Gasteiger partial charge in [0.05, 0.1) is 22.6 Å². The highest BCUT2D eigenvalue weighted by atomic mass is 32.2. The van der Waals surface area contributed by atoms with E-state index >= 15 is 0 Å². The summed E-state index contributed by atoms with van der Waals surface area (Å²) in [6, 6.07) is 9.09. The summed E-state index contributed by atoms with van der Waals surface area (Å²) in [6.07, 6.45) is 0. The van der Waals surface area contributed by atoms with Gasteiger partial charge >= 0.3 is 0 Å². The molecule has 2 aromatic rings. The van der Waals surface area contributed by atoms with Crippen molar-refractivity contribution in [3.8, 4) is 5.69 Å². The Morgan fingerprint density at radius 2 is 1.76 bits per heavy atom. The number of nitrogens with one attached hydrogen (secondary N) is 1. The van der Waals surface area contributed by atoms with Crippen LogP contribution < -0.4 is 16.0 Å². The second kappa shape index (κ2) is 7.60. The Labute approximate surface area is 149 Å². The van der Waals surface area contributed by atoms with Gasteiger partial charge in [0.25, 0.3) is 5.56 Å². The monoisotopic (exact) mass is 362 g/mol. The summed E-state index contributed by atoms with van der Waals surface area (Å²) >= 11 is 0.964. The average Bonchev–Trinajstić information content (AvgIpc) is 2.78. The number of aliphatic carboxylic acids is 1. The van der Waals surface area contributed by atoms with Crippen molar-refractivity contribution >= 4 is 29.3 Å². The maximum atomic E-state index is 12.7. The molecule has 0 bridgehead atoms. The molecule has 7 nitrogen and oxygen atoms in total. The SMILES string of the molecule is Cc1c(NC(=O)[C@@H](C)S[C@H](C)C(=O)[O-])c(=O)n(-c2ccccc2)n1C. The third kappa shape index (κ3) is 3.96. The standard InChI is InChI=1S/C17H21N3O4S/c1-10-14(18-15(21)11(2)25-12(3)17(23)24)16(22)20(19(10)4)13-8-6-5-7-9-13/h5-9,11-12H,1-4H3,(H,18,21)(H,23,24)/p-1/t11-,12-/m1/s1. The molecule has 1 aromatic carbocycles. The van der Waals surface area contributed by atoms with E-state index in [1.807, 2.05) is 18.2 Å². The van der Waals surface area contributed by atoms with Crippen LogP contribution in [0.1, 0.15) is 19.5 Å². The van der Waals surface area contributed by atoms with Crippen LogP contribution in [0, 0.1) is 6.92 Å². The number of para-hydroxylation sites is 1. The largest absolute Gasteiger partial charge is 0.549 e. The van der Waals surface area contributed by atoms with Crippen molar-refractivity contribution in [2.24, 2.45) is 7.05 Å². The number of carbonyl (C=O) groups excluding carboxylic acids is 2. The van der Waals surface area contributed by atoms with Crippen molar-refractivity contribution < 1.29 is 14.7 Å². The van der Waals surface area contributed by atoms with Crippen LogP contribution in [-0.2, 0) is 16.6 Å². The molecule has 0 fully saturated rings. The normalized spacial score (nSPS) is 13.3. The van der Waals surface area contributed by atoms with Gasteiger partial charge in [0.1, 0.15) is 5.69 Å². The molecule has 2 atom stereocenters. The maximum Gasteiger partial charge on any atom is 0.295 e. The van der Waals surface area contributed by atoms with E-state index in [1.54, 1.807) is 37.7 Å². The third-order valence-electron chi connectivity index (χ3n) is 3.91. The number of amides is 1. The third-order valence-corrected chi connectivity index (χ3v) is 5.13. The predicted octanol–water partition coefficient (Wildman–Crippen LogP) is 0.683. The maximum absolute atomic E-state index is 12.7. The quantitative estimate of drug-likeness (QED) is 0.815. The summed E-state index contributed by atoms with van der Waals surface area (Å²) in [5.74, 6) is -1.66. The minimum Gasteiger partial charge on any atom is -0.549 e. The van der Waals surface area contributed by atoms with Gasteiger partial charge in [-0.1, -0.05) is 18.2 Å². The number of hydrogen-bond donors (Lipinski definition) is 1. The Bertz CT molecular complexity index is 842. The molecule has 0 unspecified atom stereocenters. The summed E-state index contributed by atoms with van der Waals surface area (Å²) in [6.45, 7) is 4.78. The topological polar surface area (TPSA) is 96.2 Å². The van der Waals surface area contributed by atoms with E-state index in [4.69, 9.17) is 0 Å². The van der Waals surface area contributed by atoms with Gasteiger partial charge in [0, 0.05) is 12.3 Å². The smallest absolute Gasteiger partial charge is 0.295 e. The van der Waals surface area contributed by atoms with Crippen LogP contribution in [0.3, 0.4) is 0 Å². The molecule has 0 saturated heterocycles. The van der Waals surface area contributed by atoms with Gasteiger partial charge in [-0.15, -0.1) is 11.8 Å². The van der Waals surface area contributed by atoms with Gasteiger partial charge in [-0.25, -0.2) is 4.68 Å². The molecule has 0 saturated carbocycles. The first-order valence-corrected chi connectivity index (χ1v) is 8.69. The molecule has 1 amide bonds. The number of hydrogen-bond acceptors (Lipinski definition) is 5. The van der Waals surface area contributed by atoms with E-state index in [9.17, 15) is 19.5 Å². The highest BCUT2D eigenvalue weighted by Crippen LogP contribution is 2.20. The molecular formula is C17H20N3O4S-. The summed E-state index contributed by atoms with van der Waals surface area (Å²) in [5.41, 5.74) is 1.13. The van der Waals surface area contributed by atoms with Gasteiger partial charge in [-0.3, -0.25) is 14.3 Å². The van der Waals surface area contributed by atoms with Crippen LogP contribution in [0.5, 0.6) is 0 Å². The van der Waals surface area contributed by atoms with E-state index in [0.717, 1.165) is 11.8 Å². The molecule has 0 spiro atoms. The second-order valence-corrected chi connectivity index (χ2v) is 7.35. The van der Waals surface area contributed by atoms with Crippen molar-refractivity contribution in [2.45, 2.75) is 31.3 Å². The predicted molar refractivity (Wildman–Crippen MR) is 95.9 cm³/mol. The number of anilines is 1. The highest BCUT2D eigenvalue weighted by molar-refractivity contribution is 8.01. The lowest BCUT2D eigenvalue weighted by atomic mass is 10.3. The minimum atomic E-state index is -1.23. The van der Waals surface area contributed by atoms with Crippen molar-refractivity contribution in [1.29, 1.82) is 0 Å². The Morgan fingerprint density at radius 1 is 1.16 bits per heavy atom. The summed E-state index contributed by atoms with van der Waals surface area (Å²) in [7, 11) is 1.73. The molecule has 8 heteroatoms. The summed E-state index contributed by atoms with van der Waals surface area (Å²) in [5, 5.41) is 12.0. The number of carboxylic acid groups (broad SMARTS) is 1. The van der Waals surface area contributed by atoms with Gasteiger partial charge in [0.15, 0.2) is 0 Å². The second-order valence-electron chi connectivity index (χ2n) is 5.67. The zero-order valence-electron chi connectivity index (χ0n) is 14.5. The Morgan fingerprint density at radius 3 is 2.32 bits per heavy atom. The number of carboxylic acids is 1. The lowest BCUT2D eigenvalue weighted by Crippen LogP contribution is -2.35. The first-order valence-electron chi connectivity index (χ1n) is 7.75. The zero-order valence-corrected chi connectivity index (χ0v) is 15.3. The van der Waals surface area contributed by atoms with Gasteiger partial charge in [-0.05, 0) is 32.9 Å². The van der Waals surface area contributed by atoms with Gasteiger partial charge in [0.2, 0.25) is 5.91 Å². The van der Waals surface area contributed by atoms with E-state index in [2.05, 4.69) is 5.32 Å². The van der Waals surface area contributed by atoms with E-state index in [1.165, 1.54) is 11.6 Å². The van der Waals surface area contributed by atoms with Crippen LogP contribution in [-0.4, -0.2) is 31.7 Å². The molecule has 0 aliphatic heterocycles. The number of benzene rings is 1.